The van der Waals surface area contributed by atoms with Crippen LogP contribution in [0.3, 0.4) is 0 Å². The number of carbonyl (C=O) groups is 1. The Kier molecular flexibility index (Phi) is 4.06. The van der Waals surface area contributed by atoms with Gasteiger partial charge in [0, 0.05) is 4.88 Å². The quantitative estimate of drug-likeness (QED) is 0.805. The van der Waals surface area contributed by atoms with Crippen molar-refractivity contribution in [3.05, 3.63) is 35.2 Å². The zero-order valence-corrected chi connectivity index (χ0v) is 11.7. The number of rotatable bonds is 4. The predicted octanol–water partition coefficient (Wildman–Crippen LogP) is 3.22. The van der Waals surface area contributed by atoms with E-state index in [4.69, 9.17) is 14.2 Å². The van der Waals surface area contributed by atoms with E-state index in [1.54, 1.807) is 7.11 Å². The van der Waals surface area contributed by atoms with Crippen LogP contribution in [0.1, 0.15) is 9.67 Å². The average Bonchev–Trinajstić information content (AvgIpc) is 2.90. The van der Waals surface area contributed by atoms with Crippen molar-refractivity contribution >= 4 is 17.3 Å². The van der Waals surface area contributed by atoms with Crippen LogP contribution in [0.4, 0.5) is 0 Å². The highest BCUT2D eigenvalue weighted by molar-refractivity contribution is 7.17. The lowest BCUT2D eigenvalue weighted by Crippen LogP contribution is -1.99. The molecule has 1 heterocycles. The van der Waals surface area contributed by atoms with Gasteiger partial charge in [0.2, 0.25) is 0 Å². The molecule has 0 unspecified atom stereocenters. The summed E-state index contributed by atoms with van der Waals surface area (Å²) in [5, 5.41) is 0. The first-order chi connectivity index (χ1) is 9.19. The molecule has 0 N–H and O–H groups in total. The Hall–Kier alpha value is -2.01. The van der Waals surface area contributed by atoms with Crippen LogP contribution in [0.2, 0.25) is 0 Å². The molecule has 1 aromatic carbocycles. The number of hydrogen-bond acceptors (Lipinski definition) is 5. The third-order valence-corrected chi connectivity index (χ3v) is 3.81. The number of carbonyl (C=O) groups excluding carboxylic acids is 1. The maximum absolute atomic E-state index is 11.6. The van der Waals surface area contributed by atoms with E-state index in [-0.39, 0.29) is 5.97 Å². The van der Waals surface area contributed by atoms with E-state index >= 15 is 0 Å². The first kappa shape index (κ1) is 13.4. The van der Waals surface area contributed by atoms with Gasteiger partial charge in [-0.3, -0.25) is 0 Å². The normalized spacial score (nSPS) is 10.1. The van der Waals surface area contributed by atoms with Gasteiger partial charge >= 0.3 is 5.97 Å². The molecular formula is C14H14O4S. The molecule has 0 amide bonds. The standard InChI is InChI=1S/C14H14O4S/c1-16-10-6-4-9(5-7-10)12-8-11(17-2)13(19-12)14(15)18-3/h4-8H,1-3H3. The van der Waals surface area contributed by atoms with Crippen molar-refractivity contribution < 1.29 is 19.0 Å². The second-order valence-electron chi connectivity index (χ2n) is 3.73. The highest BCUT2D eigenvalue weighted by atomic mass is 32.1. The maximum Gasteiger partial charge on any atom is 0.351 e. The molecule has 19 heavy (non-hydrogen) atoms. The number of hydrogen-bond donors (Lipinski definition) is 0. The molecule has 0 fully saturated rings. The van der Waals surface area contributed by atoms with Crippen molar-refractivity contribution in [1.29, 1.82) is 0 Å². The molecule has 0 aliphatic rings. The second-order valence-corrected chi connectivity index (χ2v) is 4.78. The Morgan fingerprint density at radius 1 is 1.05 bits per heavy atom. The second kappa shape index (κ2) is 5.75. The lowest BCUT2D eigenvalue weighted by atomic mass is 10.2. The fraction of sp³-hybridized carbons (Fsp3) is 0.214. The monoisotopic (exact) mass is 278 g/mol. The summed E-state index contributed by atoms with van der Waals surface area (Å²) in [4.78, 5) is 13.0. The van der Waals surface area contributed by atoms with Gasteiger partial charge in [-0.05, 0) is 35.9 Å². The number of ether oxygens (including phenoxy) is 3. The van der Waals surface area contributed by atoms with Crippen LogP contribution in [0.25, 0.3) is 10.4 Å². The van der Waals surface area contributed by atoms with Crippen LogP contribution in [-0.4, -0.2) is 27.3 Å². The molecule has 0 spiro atoms. The predicted molar refractivity (Wildman–Crippen MR) is 74.2 cm³/mol. The summed E-state index contributed by atoms with van der Waals surface area (Å²) in [7, 11) is 4.51. The van der Waals surface area contributed by atoms with Gasteiger partial charge in [0.1, 0.15) is 11.5 Å². The van der Waals surface area contributed by atoms with Crippen molar-refractivity contribution in [1.82, 2.24) is 0 Å². The first-order valence-electron chi connectivity index (χ1n) is 5.60. The largest absolute Gasteiger partial charge is 0.497 e. The maximum atomic E-state index is 11.6. The highest BCUT2D eigenvalue weighted by Crippen LogP contribution is 2.37. The fourth-order valence-corrected chi connectivity index (χ4v) is 2.71. The van der Waals surface area contributed by atoms with Crippen molar-refractivity contribution in [2.24, 2.45) is 0 Å². The Labute approximate surface area is 115 Å². The van der Waals surface area contributed by atoms with Crippen LogP contribution in [0.15, 0.2) is 30.3 Å². The van der Waals surface area contributed by atoms with Crippen LogP contribution in [0, 0.1) is 0 Å². The van der Waals surface area contributed by atoms with E-state index in [0.717, 1.165) is 16.2 Å². The molecule has 4 nitrogen and oxygen atoms in total. The molecule has 0 bridgehead atoms. The van der Waals surface area contributed by atoms with Crippen molar-refractivity contribution in [2.45, 2.75) is 0 Å². The SMILES string of the molecule is COC(=O)c1sc(-c2ccc(OC)cc2)cc1OC. The third kappa shape index (κ3) is 2.71. The van der Waals surface area contributed by atoms with E-state index < -0.39 is 0 Å². The molecule has 2 aromatic rings. The number of thiophene rings is 1. The smallest absolute Gasteiger partial charge is 0.351 e. The van der Waals surface area contributed by atoms with Crippen LogP contribution in [-0.2, 0) is 4.74 Å². The summed E-state index contributed by atoms with van der Waals surface area (Å²) < 4.78 is 15.1. The van der Waals surface area contributed by atoms with E-state index in [9.17, 15) is 4.79 Å². The minimum atomic E-state index is -0.387. The minimum absolute atomic E-state index is 0.387. The summed E-state index contributed by atoms with van der Waals surface area (Å²) in [6.45, 7) is 0. The molecule has 0 saturated carbocycles. The fourth-order valence-electron chi connectivity index (χ4n) is 1.66. The lowest BCUT2D eigenvalue weighted by Gasteiger charge is -2.00. The van der Waals surface area contributed by atoms with Gasteiger partial charge in [-0.25, -0.2) is 4.79 Å². The molecule has 2 rings (SSSR count). The Bertz CT molecular complexity index is 572. The van der Waals surface area contributed by atoms with Gasteiger partial charge in [-0.15, -0.1) is 11.3 Å². The molecule has 0 aliphatic carbocycles. The summed E-state index contributed by atoms with van der Waals surface area (Å²) in [6.07, 6.45) is 0. The van der Waals surface area contributed by atoms with E-state index in [1.807, 2.05) is 30.3 Å². The molecule has 0 saturated heterocycles. The topological polar surface area (TPSA) is 44.8 Å². The Morgan fingerprint density at radius 3 is 2.26 bits per heavy atom. The van der Waals surface area contributed by atoms with Crippen molar-refractivity contribution in [2.75, 3.05) is 21.3 Å². The van der Waals surface area contributed by atoms with Gasteiger partial charge in [0.15, 0.2) is 4.88 Å². The molecule has 0 radical (unpaired) electrons. The van der Waals surface area contributed by atoms with E-state index in [1.165, 1.54) is 25.6 Å². The zero-order valence-electron chi connectivity index (χ0n) is 10.9. The van der Waals surface area contributed by atoms with Gasteiger partial charge in [0.25, 0.3) is 0 Å². The summed E-state index contributed by atoms with van der Waals surface area (Å²) >= 11 is 1.34. The zero-order chi connectivity index (χ0) is 13.8. The number of benzene rings is 1. The van der Waals surface area contributed by atoms with Crippen molar-refractivity contribution in [3.8, 4) is 21.9 Å². The highest BCUT2D eigenvalue weighted by Gasteiger charge is 2.18. The Balaban J connectivity index is 2.39. The first-order valence-corrected chi connectivity index (χ1v) is 6.41. The number of methoxy groups -OCH3 is 3. The van der Waals surface area contributed by atoms with Gasteiger partial charge in [-0.1, -0.05) is 0 Å². The molecule has 1 aromatic heterocycles. The summed E-state index contributed by atoms with van der Waals surface area (Å²) in [6, 6.07) is 9.45. The van der Waals surface area contributed by atoms with Crippen LogP contribution < -0.4 is 9.47 Å². The van der Waals surface area contributed by atoms with Crippen LogP contribution >= 0.6 is 11.3 Å². The third-order valence-electron chi connectivity index (χ3n) is 2.66. The molecular weight excluding hydrogens is 264 g/mol. The van der Waals surface area contributed by atoms with Crippen LogP contribution in [0.5, 0.6) is 11.5 Å². The molecule has 5 heteroatoms. The lowest BCUT2D eigenvalue weighted by molar-refractivity contribution is 0.0603. The average molecular weight is 278 g/mol. The Morgan fingerprint density at radius 2 is 1.74 bits per heavy atom. The van der Waals surface area contributed by atoms with E-state index in [2.05, 4.69) is 0 Å². The summed E-state index contributed by atoms with van der Waals surface area (Å²) in [5.74, 6) is 0.935. The van der Waals surface area contributed by atoms with Gasteiger partial charge < -0.3 is 14.2 Å². The molecule has 0 aliphatic heterocycles. The van der Waals surface area contributed by atoms with Crippen molar-refractivity contribution in [3.63, 3.8) is 0 Å². The number of esters is 1. The minimum Gasteiger partial charge on any atom is -0.497 e. The van der Waals surface area contributed by atoms with E-state index in [0.29, 0.717) is 10.6 Å². The molecule has 0 atom stereocenters. The molecule has 100 valence electrons. The van der Waals surface area contributed by atoms with Gasteiger partial charge in [0.05, 0.1) is 21.3 Å². The van der Waals surface area contributed by atoms with Gasteiger partial charge in [-0.2, -0.15) is 0 Å². The summed E-state index contributed by atoms with van der Waals surface area (Å²) in [5.41, 5.74) is 0.999.